The number of rotatable bonds is 2. The average Bonchev–Trinajstić information content (AvgIpc) is 1.65. The number of carbonyl (C=O) groups excluding carboxylic acids is 1. The summed E-state index contributed by atoms with van der Waals surface area (Å²) in [7, 11) is 0. The highest BCUT2D eigenvalue weighted by Gasteiger charge is 2.00. The second kappa shape index (κ2) is 3.72. The maximum atomic E-state index is 10.3. The highest BCUT2D eigenvalue weighted by Crippen LogP contribution is 1.97. The van der Waals surface area contributed by atoms with E-state index < -0.39 is 5.56 Å². The summed E-state index contributed by atoms with van der Waals surface area (Å²) in [5.41, 5.74) is -0.498. The molecule has 8 heavy (non-hydrogen) atoms. The molecule has 0 bridgehead atoms. The maximum Gasteiger partial charge on any atom is 0.306 e. The first-order valence-corrected chi connectivity index (χ1v) is 2.94. The average molecular weight is 137 g/mol. The Bertz CT molecular complexity index is 80.5. The summed E-state index contributed by atoms with van der Waals surface area (Å²) >= 11 is 5.31. The second-order valence-electron chi connectivity index (χ2n) is 1.39. The van der Waals surface area contributed by atoms with Crippen molar-refractivity contribution in [1.82, 2.24) is 0 Å². The van der Waals surface area contributed by atoms with Crippen LogP contribution in [0, 0.1) is 0 Å². The van der Waals surface area contributed by atoms with Gasteiger partial charge in [-0.1, -0.05) is 18.5 Å². The number of ether oxygens (including phenoxy) is 1. The van der Waals surface area contributed by atoms with E-state index in [-0.39, 0.29) is 5.97 Å². The lowest BCUT2D eigenvalue weighted by atomic mass is 10.5. The minimum absolute atomic E-state index is 0.257. The molecule has 1 atom stereocenters. The van der Waals surface area contributed by atoms with E-state index >= 15 is 0 Å². The van der Waals surface area contributed by atoms with E-state index in [9.17, 15) is 4.79 Å². The molecule has 0 aromatic rings. The minimum Gasteiger partial charge on any atom is -0.446 e. The Morgan fingerprint density at radius 3 is 2.50 bits per heavy atom. The first-order chi connectivity index (χ1) is 3.66. The zero-order chi connectivity index (χ0) is 6.57. The molecule has 0 spiro atoms. The van der Waals surface area contributed by atoms with E-state index in [1.807, 2.05) is 0 Å². The van der Waals surface area contributed by atoms with Crippen LogP contribution in [-0.2, 0) is 9.53 Å². The molecule has 0 fully saturated rings. The van der Waals surface area contributed by atoms with Gasteiger partial charge in [-0.2, -0.15) is 0 Å². The number of hydrogen-bond donors (Lipinski definition) is 0. The highest BCUT2D eigenvalue weighted by molar-refractivity contribution is 6.19. The van der Waals surface area contributed by atoms with Gasteiger partial charge >= 0.3 is 5.97 Å². The molecule has 0 rings (SSSR count). The van der Waals surface area contributed by atoms with Gasteiger partial charge in [-0.15, -0.1) is 0 Å². The zero-order valence-corrected chi connectivity index (χ0v) is 5.73. The fraction of sp³-hybridized carbons (Fsp3) is 0.800. The molecular weight excluding hydrogens is 128 g/mol. The van der Waals surface area contributed by atoms with Gasteiger partial charge in [-0.3, -0.25) is 4.79 Å². The fourth-order valence-corrected chi connectivity index (χ4v) is 0.364. The molecule has 2 nitrogen and oxygen atoms in total. The van der Waals surface area contributed by atoms with Gasteiger partial charge in [0, 0.05) is 6.42 Å². The van der Waals surface area contributed by atoms with Crippen LogP contribution in [0.4, 0.5) is 0 Å². The van der Waals surface area contributed by atoms with Crippen LogP contribution in [0.15, 0.2) is 0 Å². The lowest BCUT2D eigenvalue weighted by Crippen LogP contribution is -2.07. The minimum atomic E-state index is -0.498. The summed E-state index contributed by atoms with van der Waals surface area (Å²) < 4.78 is 4.53. The van der Waals surface area contributed by atoms with Crippen LogP contribution in [0.3, 0.4) is 0 Å². The summed E-state index contributed by atoms with van der Waals surface area (Å²) in [5.74, 6) is -0.257. The molecule has 0 radical (unpaired) electrons. The van der Waals surface area contributed by atoms with Crippen molar-refractivity contribution in [3.8, 4) is 0 Å². The van der Waals surface area contributed by atoms with Crippen LogP contribution in [0.5, 0.6) is 0 Å². The van der Waals surface area contributed by atoms with Crippen molar-refractivity contribution in [3.63, 3.8) is 0 Å². The van der Waals surface area contributed by atoms with Gasteiger partial charge in [0.2, 0.25) is 0 Å². The van der Waals surface area contributed by atoms with E-state index in [0.717, 1.165) is 0 Å². The lowest BCUT2D eigenvalue weighted by molar-refractivity contribution is -0.144. The van der Waals surface area contributed by atoms with Crippen LogP contribution in [0.2, 0.25) is 0 Å². The van der Waals surface area contributed by atoms with Gasteiger partial charge < -0.3 is 4.74 Å². The Hall–Kier alpha value is -0.240. The number of alkyl halides is 1. The molecule has 0 saturated heterocycles. The van der Waals surface area contributed by atoms with E-state index in [4.69, 9.17) is 11.6 Å². The molecule has 48 valence electrons. The number of hydrogen-bond acceptors (Lipinski definition) is 2. The van der Waals surface area contributed by atoms with Crippen molar-refractivity contribution < 1.29 is 9.53 Å². The standard InChI is InChI=1S/C5H9ClO2/c1-3-5(7)8-4(2)6/h4H,3H2,1-2H3/t4-/m1/s1. The van der Waals surface area contributed by atoms with Gasteiger partial charge in [0.05, 0.1) is 0 Å². The van der Waals surface area contributed by atoms with Gasteiger partial charge in [-0.25, -0.2) is 0 Å². The summed E-state index contributed by atoms with van der Waals surface area (Å²) in [4.78, 5) is 10.3. The molecule has 3 heteroatoms. The molecule has 0 saturated carbocycles. The highest BCUT2D eigenvalue weighted by atomic mass is 35.5. The second-order valence-corrected chi connectivity index (χ2v) is 2.00. The van der Waals surface area contributed by atoms with Crippen molar-refractivity contribution in [2.45, 2.75) is 25.8 Å². The quantitative estimate of drug-likeness (QED) is 0.425. The largest absolute Gasteiger partial charge is 0.446 e. The predicted molar refractivity (Wildman–Crippen MR) is 31.7 cm³/mol. The maximum absolute atomic E-state index is 10.3. The summed E-state index contributed by atoms with van der Waals surface area (Å²) in [6, 6.07) is 0. The van der Waals surface area contributed by atoms with Crippen molar-refractivity contribution >= 4 is 17.6 Å². The van der Waals surface area contributed by atoms with Crippen molar-refractivity contribution in [3.05, 3.63) is 0 Å². The molecule has 0 aliphatic heterocycles. The molecule has 0 aromatic carbocycles. The number of esters is 1. The molecule has 0 amide bonds. The van der Waals surface area contributed by atoms with Gasteiger partial charge in [0.1, 0.15) is 0 Å². The number of carbonyl (C=O) groups is 1. The molecule has 0 aliphatic carbocycles. The van der Waals surface area contributed by atoms with Crippen LogP contribution in [0.1, 0.15) is 20.3 Å². The van der Waals surface area contributed by atoms with E-state index in [1.165, 1.54) is 0 Å². The van der Waals surface area contributed by atoms with Gasteiger partial charge in [-0.05, 0) is 6.92 Å². The topological polar surface area (TPSA) is 26.3 Å². The molecule has 0 aromatic heterocycles. The molecule has 0 N–H and O–H groups in total. The molecule has 0 heterocycles. The lowest BCUT2D eigenvalue weighted by Gasteiger charge is -2.02. The van der Waals surface area contributed by atoms with Crippen LogP contribution < -0.4 is 0 Å². The van der Waals surface area contributed by atoms with Crippen LogP contribution in [-0.4, -0.2) is 11.5 Å². The van der Waals surface area contributed by atoms with Crippen LogP contribution in [0.25, 0.3) is 0 Å². The van der Waals surface area contributed by atoms with Gasteiger partial charge in [0.25, 0.3) is 0 Å². The Balaban J connectivity index is 3.25. The third kappa shape index (κ3) is 3.93. The van der Waals surface area contributed by atoms with E-state index in [2.05, 4.69) is 4.74 Å². The molecule has 0 aliphatic rings. The Morgan fingerprint density at radius 2 is 2.38 bits per heavy atom. The fourth-order valence-electron chi connectivity index (χ4n) is 0.264. The van der Waals surface area contributed by atoms with E-state index in [0.29, 0.717) is 6.42 Å². The SMILES string of the molecule is CCC(=O)O[C@H](C)Cl. The van der Waals surface area contributed by atoms with E-state index in [1.54, 1.807) is 13.8 Å². The third-order valence-electron chi connectivity index (χ3n) is 0.583. The number of halogens is 1. The monoisotopic (exact) mass is 136 g/mol. The Kier molecular flexibility index (Phi) is 3.61. The van der Waals surface area contributed by atoms with Crippen molar-refractivity contribution in [2.75, 3.05) is 0 Å². The summed E-state index contributed by atoms with van der Waals surface area (Å²) in [5, 5.41) is 0. The van der Waals surface area contributed by atoms with Gasteiger partial charge in [0.15, 0.2) is 5.56 Å². The molecule has 0 unspecified atom stereocenters. The van der Waals surface area contributed by atoms with Crippen LogP contribution >= 0.6 is 11.6 Å². The Labute approximate surface area is 53.8 Å². The zero-order valence-electron chi connectivity index (χ0n) is 4.98. The Morgan fingerprint density at radius 1 is 1.88 bits per heavy atom. The summed E-state index contributed by atoms with van der Waals surface area (Å²) in [6.45, 7) is 3.33. The predicted octanol–water partition coefficient (Wildman–Crippen LogP) is 1.52. The summed E-state index contributed by atoms with van der Waals surface area (Å²) in [6.07, 6.45) is 0.386. The first-order valence-electron chi connectivity index (χ1n) is 2.50. The van der Waals surface area contributed by atoms with Crippen molar-refractivity contribution in [2.24, 2.45) is 0 Å². The smallest absolute Gasteiger partial charge is 0.306 e. The first kappa shape index (κ1) is 7.76. The molecular formula is C5H9ClO2. The third-order valence-corrected chi connectivity index (χ3v) is 0.672. The van der Waals surface area contributed by atoms with Crippen molar-refractivity contribution in [1.29, 1.82) is 0 Å². The normalized spacial score (nSPS) is 12.9.